The highest BCUT2D eigenvalue weighted by molar-refractivity contribution is 5.66. The second-order valence-corrected chi connectivity index (χ2v) is 3.90. The van der Waals surface area contributed by atoms with Crippen molar-refractivity contribution in [2.75, 3.05) is 7.05 Å². The molecule has 0 spiro atoms. The Labute approximate surface area is 80.5 Å². The molecule has 0 radical (unpaired) electrons. The van der Waals surface area contributed by atoms with Crippen molar-refractivity contribution in [3.8, 4) is 0 Å². The number of rotatable bonds is 7. The Bertz CT molecular complexity index is 146. The monoisotopic (exact) mass is 187 g/mol. The van der Waals surface area contributed by atoms with Crippen LogP contribution >= 0.6 is 0 Å². The largest absolute Gasteiger partial charge is 0.481 e. The van der Waals surface area contributed by atoms with Gasteiger partial charge in [-0.1, -0.05) is 13.8 Å². The van der Waals surface area contributed by atoms with E-state index in [0.717, 1.165) is 19.3 Å². The maximum Gasteiger partial charge on any atom is 0.303 e. The van der Waals surface area contributed by atoms with E-state index in [1.807, 2.05) is 7.05 Å². The molecule has 0 rings (SSSR count). The van der Waals surface area contributed by atoms with E-state index in [1.165, 1.54) is 0 Å². The van der Waals surface area contributed by atoms with Gasteiger partial charge < -0.3 is 10.4 Å². The van der Waals surface area contributed by atoms with E-state index < -0.39 is 5.97 Å². The van der Waals surface area contributed by atoms with E-state index in [-0.39, 0.29) is 6.42 Å². The summed E-state index contributed by atoms with van der Waals surface area (Å²) < 4.78 is 0. The molecule has 0 heterocycles. The van der Waals surface area contributed by atoms with Crippen LogP contribution in [0.15, 0.2) is 0 Å². The fourth-order valence-corrected chi connectivity index (χ4v) is 1.45. The van der Waals surface area contributed by atoms with Crippen molar-refractivity contribution in [1.82, 2.24) is 5.32 Å². The van der Waals surface area contributed by atoms with Crippen LogP contribution in [-0.4, -0.2) is 24.2 Å². The maximum atomic E-state index is 10.3. The van der Waals surface area contributed by atoms with Gasteiger partial charge in [-0.3, -0.25) is 4.79 Å². The van der Waals surface area contributed by atoms with Crippen molar-refractivity contribution < 1.29 is 9.90 Å². The molecule has 13 heavy (non-hydrogen) atoms. The Morgan fingerprint density at radius 3 is 2.46 bits per heavy atom. The van der Waals surface area contributed by atoms with E-state index in [2.05, 4.69) is 19.2 Å². The predicted octanol–water partition coefficient (Wildman–Crippen LogP) is 1.88. The molecule has 0 fully saturated rings. The van der Waals surface area contributed by atoms with Crippen LogP contribution < -0.4 is 5.32 Å². The molecule has 0 aliphatic heterocycles. The van der Waals surface area contributed by atoms with Crippen LogP contribution in [0.2, 0.25) is 0 Å². The summed E-state index contributed by atoms with van der Waals surface area (Å²) >= 11 is 0. The molecule has 3 nitrogen and oxygen atoms in total. The summed E-state index contributed by atoms with van der Waals surface area (Å²) in [6.45, 7) is 4.36. The Kier molecular flexibility index (Phi) is 6.59. The number of hydrogen-bond donors (Lipinski definition) is 2. The number of nitrogens with one attached hydrogen (secondary N) is 1. The molecule has 0 aromatic rings. The molecular formula is C10H21NO2. The molecule has 1 atom stereocenters. The molecule has 0 aromatic heterocycles. The van der Waals surface area contributed by atoms with E-state index in [9.17, 15) is 4.79 Å². The number of hydrogen-bond acceptors (Lipinski definition) is 2. The zero-order chi connectivity index (χ0) is 10.3. The molecule has 78 valence electrons. The summed E-state index contributed by atoms with van der Waals surface area (Å²) in [5.41, 5.74) is 0. The Balaban J connectivity index is 3.53. The molecule has 0 aliphatic carbocycles. The standard InChI is InChI=1S/C10H21NO2/c1-8(2)7-9(11-3)5-4-6-10(12)13/h8-9,11H,4-7H2,1-3H3,(H,12,13). The van der Waals surface area contributed by atoms with Crippen LogP contribution in [0.1, 0.15) is 39.5 Å². The average Bonchev–Trinajstić information content (AvgIpc) is 2.01. The highest BCUT2D eigenvalue weighted by Gasteiger charge is 2.08. The van der Waals surface area contributed by atoms with Crippen LogP contribution in [0.4, 0.5) is 0 Å². The predicted molar refractivity (Wildman–Crippen MR) is 53.8 cm³/mol. The molecule has 0 aromatic carbocycles. The number of aliphatic carboxylic acids is 1. The van der Waals surface area contributed by atoms with E-state index in [1.54, 1.807) is 0 Å². The zero-order valence-corrected chi connectivity index (χ0v) is 8.84. The third-order valence-electron chi connectivity index (χ3n) is 2.11. The lowest BCUT2D eigenvalue weighted by Crippen LogP contribution is -2.26. The molecule has 1 unspecified atom stereocenters. The number of carbonyl (C=O) groups is 1. The fourth-order valence-electron chi connectivity index (χ4n) is 1.45. The van der Waals surface area contributed by atoms with E-state index >= 15 is 0 Å². The number of carboxylic acid groups (broad SMARTS) is 1. The highest BCUT2D eigenvalue weighted by Crippen LogP contribution is 2.10. The minimum absolute atomic E-state index is 0.288. The van der Waals surface area contributed by atoms with Crippen molar-refractivity contribution in [2.45, 2.75) is 45.6 Å². The first-order valence-corrected chi connectivity index (χ1v) is 4.95. The van der Waals surface area contributed by atoms with Gasteiger partial charge in [0.15, 0.2) is 0 Å². The van der Waals surface area contributed by atoms with Gasteiger partial charge in [-0.05, 0) is 32.2 Å². The summed E-state index contributed by atoms with van der Waals surface area (Å²) in [7, 11) is 1.94. The molecule has 0 saturated carbocycles. The van der Waals surface area contributed by atoms with Crippen molar-refractivity contribution >= 4 is 5.97 Å². The van der Waals surface area contributed by atoms with Gasteiger partial charge in [0.1, 0.15) is 0 Å². The summed E-state index contributed by atoms with van der Waals surface area (Å²) in [6, 6.07) is 0.472. The molecule has 0 bridgehead atoms. The summed E-state index contributed by atoms with van der Waals surface area (Å²) in [5, 5.41) is 11.7. The molecule has 3 heteroatoms. The summed E-state index contributed by atoms with van der Waals surface area (Å²) in [5.74, 6) is -0.0262. The quantitative estimate of drug-likeness (QED) is 0.639. The first kappa shape index (κ1) is 12.4. The van der Waals surface area contributed by atoms with Crippen LogP contribution in [0, 0.1) is 5.92 Å². The summed E-state index contributed by atoms with van der Waals surface area (Å²) in [6.07, 6.45) is 3.14. The normalized spacial score (nSPS) is 13.2. The Morgan fingerprint density at radius 2 is 2.08 bits per heavy atom. The van der Waals surface area contributed by atoms with Crippen LogP contribution in [0.25, 0.3) is 0 Å². The zero-order valence-electron chi connectivity index (χ0n) is 8.84. The molecule has 0 aliphatic rings. The second kappa shape index (κ2) is 6.89. The lowest BCUT2D eigenvalue weighted by atomic mass is 9.99. The van der Waals surface area contributed by atoms with Crippen molar-refractivity contribution in [2.24, 2.45) is 5.92 Å². The third kappa shape index (κ3) is 7.78. The van der Waals surface area contributed by atoms with Gasteiger partial charge in [0.2, 0.25) is 0 Å². The first-order valence-electron chi connectivity index (χ1n) is 4.95. The molecule has 2 N–H and O–H groups in total. The topological polar surface area (TPSA) is 49.3 Å². The van der Waals surface area contributed by atoms with Gasteiger partial charge in [-0.2, -0.15) is 0 Å². The SMILES string of the molecule is CNC(CCCC(=O)O)CC(C)C. The van der Waals surface area contributed by atoms with Crippen molar-refractivity contribution in [3.05, 3.63) is 0 Å². The van der Waals surface area contributed by atoms with Gasteiger partial charge in [0.25, 0.3) is 0 Å². The van der Waals surface area contributed by atoms with E-state index in [0.29, 0.717) is 12.0 Å². The van der Waals surface area contributed by atoms with Gasteiger partial charge >= 0.3 is 5.97 Å². The van der Waals surface area contributed by atoms with Crippen molar-refractivity contribution in [3.63, 3.8) is 0 Å². The highest BCUT2D eigenvalue weighted by atomic mass is 16.4. The smallest absolute Gasteiger partial charge is 0.303 e. The first-order chi connectivity index (χ1) is 6.06. The van der Waals surface area contributed by atoms with Crippen LogP contribution in [0.3, 0.4) is 0 Å². The van der Waals surface area contributed by atoms with Crippen LogP contribution in [0.5, 0.6) is 0 Å². The second-order valence-electron chi connectivity index (χ2n) is 3.90. The Morgan fingerprint density at radius 1 is 1.46 bits per heavy atom. The summed E-state index contributed by atoms with van der Waals surface area (Å²) in [4.78, 5) is 10.3. The van der Waals surface area contributed by atoms with Gasteiger partial charge in [-0.15, -0.1) is 0 Å². The molecular weight excluding hydrogens is 166 g/mol. The minimum atomic E-state index is -0.695. The van der Waals surface area contributed by atoms with Gasteiger partial charge in [-0.25, -0.2) is 0 Å². The third-order valence-corrected chi connectivity index (χ3v) is 2.11. The minimum Gasteiger partial charge on any atom is -0.481 e. The maximum absolute atomic E-state index is 10.3. The Hall–Kier alpha value is -0.570. The number of carboxylic acids is 1. The molecule has 0 saturated heterocycles. The fraction of sp³-hybridized carbons (Fsp3) is 0.900. The molecule has 0 amide bonds. The van der Waals surface area contributed by atoms with E-state index in [4.69, 9.17) is 5.11 Å². The lowest BCUT2D eigenvalue weighted by Gasteiger charge is -2.17. The van der Waals surface area contributed by atoms with Crippen LogP contribution in [-0.2, 0) is 4.79 Å². The van der Waals surface area contributed by atoms with Gasteiger partial charge in [0, 0.05) is 12.5 Å². The lowest BCUT2D eigenvalue weighted by molar-refractivity contribution is -0.137. The van der Waals surface area contributed by atoms with Crippen molar-refractivity contribution in [1.29, 1.82) is 0 Å². The average molecular weight is 187 g/mol. The van der Waals surface area contributed by atoms with Gasteiger partial charge in [0.05, 0.1) is 0 Å².